The van der Waals surface area contributed by atoms with Crippen molar-refractivity contribution in [3.63, 3.8) is 0 Å². The molecule has 0 fully saturated rings. The smallest absolute Gasteiger partial charge is 0.109 e. The van der Waals surface area contributed by atoms with E-state index in [1.807, 2.05) is 41.9 Å². The number of hydrogen-bond donors (Lipinski definition) is 1. The van der Waals surface area contributed by atoms with Gasteiger partial charge in [0.2, 0.25) is 0 Å². The number of hydrogen-bond acceptors (Lipinski definition) is 3. The molecule has 0 saturated carbocycles. The standard InChI is InChI=1S/C11H13N2S.C5H5.Fe/c1-9(11-12-6-7-14-11)13-8-10-4-2-3-5-10;1-2-4-5-3-1;/h2-7,9,13H,8H2,1H3;1-5H;/q-5;-1;. The number of thiazole rings is 1. The Bertz CT molecular complexity index is 498. The first-order chi connectivity index (χ1) is 9.36. The molecular formula is C16H18FeN2S-6. The van der Waals surface area contributed by atoms with Crippen LogP contribution in [-0.2, 0) is 23.6 Å². The van der Waals surface area contributed by atoms with Crippen LogP contribution in [0.2, 0.25) is 0 Å². The van der Waals surface area contributed by atoms with Crippen molar-refractivity contribution < 1.29 is 17.1 Å². The Labute approximate surface area is 135 Å². The molecule has 0 saturated heterocycles. The zero-order chi connectivity index (χ0) is 13.3. The zero-order valence-electron chi connectivity index (χ0n) is 11.3. The molecule has 0 radical (unpaired) electrons. The summed E-state index contributed by atoms with van der Waals surface area (Å²) in [6.07, 6.45) is 1.85. The number of nitrogens with zero attached hydrogens (tertiary/aromatic N) is 1. The monoisotopic (exact) mass is 326 g/mol. The van der Waals surface area contributed by atoms with E-state index in [1.54, 1.807) is 11.3 Å². The van der Waals surface area contributed by atoms with E-state index in [9.17, 15) is 0 Å². The van der Waals surface area contributed by atoms with Crippen molar-refractivity contribution in [1.29, 1.82) is 0 Å². The van der Waals surface area contributed by atoms with Crippen molar-refractivity contribution in [2.24, 2.45) is 0 Å². The minimum atomic E-state index is 0. The van der Waals surface area contributed by atoms with Crippen LogP contribution in [0.25, 0.3) is 0 Å². The molecule has 3 aromatic rings. The Morgan fingerprint density at radius 3 is 2.50 bits per heavy atom. The molecule has 0 aliphatic rings. The second-order valence-electron chi connectivity index (χ2n) is 4.23. The number of rotatable bonds is 4. The topological polar surface area (TPSA) is 24.9 Å². The predicted octanol–water partition coefficient (Wildman–Crippen LogP) is 4.12. The molecule has 112 valence electrons. The number of nitrogens with one attached hydrogen (secondary N) is 1. The molecular weight excluding hydrogens is 308 g/mol. The average molecular weight is 326 g/mol. The van der Waals surface area contributed by atoms with E-state index in [-0.39, 0.29) is 17.1 Å². The average Bonchev–Trinajstić information content (AvgIpc) is 3.21. The Balaban J connectivity index is 0.000000283. The molecule has 0 aliphatic carbocycles. The van der Waals surface area contributed by atoms with Crippen LogP contribution in [-0.4, -0.2) is 4.98 Å². The van der Waals surface area contributed by atoms with Crippen LogP contribution < -0.4 is 5.32 Å². The van der Waals surface area contributed by atoms with E-state index >= 15 is 0 Å². The minimum Gasteiger partial charge on any atom is -0.748 e. The minimum absolute atomic E-state index is 0. The molecule has 1 heterocycles. The quantitative estimate of drug-likeness (QED) is 0.576. The van der Waals surface area contributed by atoms with Crippen molar-refractivity contribution >= 4 is 11.3 Å². The van der Waals surface area contributed by atoms with Crippen LogP contribution in [0, 0.1) is 0 Å². The molecule has 1 N–H and O–H groups in total. The van der Waals surface area contributed by atoms with E-state index in [0.717, 1.165) is 11.6 Å². The summed E-state index contributed by atoms with van der Waals surface area (Å²) in [7, 11) is 0. The van der Waals surface area contributed by atoms with Gasteiger partial charge in [0, 0.05) is 28.6 Å². The fourth-order valence-corrected chi connectivity index (χ4v) is 2.33. The summed E-state index contributed by atoms with van der Waals surface area (Å²) < 4.78 is 0. The van der Waals surface area contributed by atoms with Crippen LogP contribution in [0.4, 0.5) is 0 Å². The molecule has 0 aliphatic heterocycles. The van der Waals surface area contributed by atoms with Gasteiger partial charge in [-0.1, -0.05) is 0 Å². The third-order valence-corrected chi connectivity index (χ3v) is 3.68. The number of aromatic nitrogens is 1. The Hall–Kier alpha value is -1.19. The van der Waals surface area contributed by atoms with Gasteiger partial charge in [0.25, 0.3) is 0 Å². The summed E-state index contributed by atoms with van der Waals surface area (Å²) in [5.74, 6) is 0. The Morgan fingerprint density at radius 2 is 2.00 bits per heavy atom. The van der Waals surface area contributed by atoms with Gasteiger partial charge in [-0.25, -0.2) is 17.1 Å². The fourth-order valence-electron chi connectivity index (χ4n) is 1.66. The fraction of sp³-hybridized carbons (Fsp3) is 0.188. The van der Waals surface area contributed by atoms with E-state index in [2.05, 4.69) is 41.5 Å². The SMILES string of the molecule is CC(NC[c-]1[cH-][cH-][cH-][cH-]1)c1nccs1.[Fe].c1cc[cH-]c1. The Kier molecular flexibility index (Phi) is 8.16. The van der Waals surface area contributed by atoms with Crippen molar-refractivity contribution in [1.82, 2.24) is 10.3 Å². The van der Waals surface area contributed by atoms with Gasteiger partial charge < -0.3 is 35.1 Å². The van der Waals surface area contributed by atoms with Crippen LogP contribution in [0.5, 0.6) is 0 Å². The second-order valence-corrected chi connectivity index (χ2v) is 5.15. The molecule has 1 atom stereocenters. The first-order valence-corrected chi connectivity index (χ1v) is 7.24. The first-order valence-electron chi connectivity index (χ1n) is 6.36. The third-order valence-electron chi connectivity index (χ3n) is 2.72. The summed E-state index contributed by atoms with van der Waals surface area (Å²) in [4.78, 5) is 4.27. The van der Waals surface area contributed by atoms with Crippen molar-refractivity contribution in [3.05, 3.63) is 76.7 Å². The van der Waals surface area contributed by atoms with Crippen molar-refractivity contribution in [2.75, 3.05) is 0 Å². The van der Waals surface area contributed by atoms with Crippen molar-refractivity contribution in [3.8, 4) is 0 Å². The zero-order valence-corrected chi connectivity index (χ0v) is 13.3. The summed E-state index contributed by atoms with van der Waals surface area (Å²) in [6, 6.07) is 18.7. The summed E-state index contributed by atoms with van der Waals surface area (Å²) >= 11 is 1.69. The van der Waals surface area contributed by atoms with Gasteiger partial charge in [-0.3, -0.25) is 0 Å². The molecule has 0 bridgehead atoms. The van der Waals surface area contributed by atoms with Crippen LogP contribution in [0.1, 0.15) is 23.5 Å². The maximum Gasteiger partial charge on any atom is 0.109 e. The van der Waals surface area contributed by atoms with Crippen LogP contribution in [0.3, 0.4) is 0 Å². The predicted molar refractivity (Wildman–Crippen MR) is 81.4 cm³/mol. The third kappa shape index (κ3) is 5.85. The summed E-state index contributed by atoms with van der Waals surface area (Å²) in [5.41, 5.74) is 1.33. The van der Waals surface area contributed by atoms with Gasteiger partial charge in [0.05, 0.1) is 6.04 Å². The Morgan fingerprint density at radius 1 is 1.30 bits per heavy atom. The van der Waals surface area contributed by atoms with Crippen LogP contribution >= 0.6 is 11.3 Å². The van der Waals surface area contributed by atoms with Gasteiger partial charge in [0.15, 0.2) is 0 Å². The molecule has 0 amide bonds. The molecule has 2 nitrogen and oxygen atoms in total. The molecule has 1 unspecified atom stereocenters. The normalized spacial score (nSPS) is 11.1. The second kappa shape index (κ2) is 9.67. The molecule has 1 aromatic heterocycles. The molecule has 0 spiro atoms. The maximum absolute atomic E-state index is 4.27. The maximum atomic E-state index is 4.27. The summed E-state index contributed by atoms with van der Waals surface area (Å²) in [6.45, 7) is 3.05. The largest absolute Gasteiger partial charge is 0.748 e. The van der Waals surface area contributed by atoms with E-state index in [0.29, 0.717) is 6.04 Å². The van der Waals surface area contributed by atoms with E-state index < -0.39 is 0 Å². The molecule has 3 rings (SSSR count). The molecule has 20 heavy (non-hydrogen) atoms. The molecule has 4 heteroatoms. The van der Waals surface area contributed by atoms with E-state index in [4.69, 9.17) is 0 Å². The van der Waals surface area contributed by atoms with Crippen molar-refractivity contribution in [2.45, 2.75) is 19.5 Å². The van der Waals surface area contributed by atoms with Gasteiger partial charge in [-0.15, -0.1) is 11.3 Å². The van der Waals surface area contributed by atoms with Gasteiger partial charge in [0.1, 0.15) is 5.01 Å². The summed E-state index contributed by atoms with van der Waals surface area (Å²) in [5, 5.41) is 6.59. The van der Waals surface area contributed by atoms with Gasteiger partial charge in [-0.05, 0) is 6.92 Å². The van der Waals surface area contributed by atoms with E-state index in [1.165, 1.54) is 5.56 Å². The first kappa shape index (κ1) is 16.9. The molecule has 2 aromatic carbocycles. The van der Waals surface area contributed by atoms with Gasteiger partial charge >= 0.3 is 0 Å². The van der Waals surface area contributed by atoms with Gasteiger partial charge in [-0.2, -0.15) is 24.7 Å². The van der Waals surface area contributed by atoms with Crippen LogP contribution in [0.15, 0.2) is 66.2 Å².